The molecule has 20 heavy (non-hydrogen) atoms. The Balaban J connectivity index is 0.00000361. The first kappa shape index (κ1) is 18.8. The molecular weight excluding hydrogens is 283 g/mol. The molecular formula is C14H22ClFN2O2. The van der Waals surface area contributed by atoms with Gasteiger partial charge in [0, 0.05) is 25.6 Å². The number of amides is 1. The molecule has 0 aliphatic rings. The highest BCUT2D eigenvalue weighted by Gasteiger charge is 2.18. The van der Waals surface area contributed by atoms with Gasteiger partial charge in [-0.1, -0.05) is 19.1 Å². The maximum atomic E-state index is 12.8. The maximum Gasteiger partial charge on any atom is 0.224 e. The molecule has 3 N–H and O–H groups in total. The van der Waals surface area contributed by atoms with Crippen LogP contribution in [0.4, 0.5) is 4.39 Å². The van der Waals surface area contributed by atoms with Crippen LogP contribution < -0.4 is 11.1 Å². The van der Waals surface area contributed by atoms with E-state index < -0.39 is 0 Å². The Morgan fingerprint density at radius 3 is 2.35 bits per heavy atom. The van der Waals surface area contributed by atoms with Gasteiger partial charge in [0.25, 0.3) is 0 Å². The predicted molar refractivity (Wildman–Crippen MR) is 79.2 cm³/mol. The summed E-state index contributed by atoms with van der Waals surface area (Å²) in [5.41, 5.74) is 6.49. The largest absolute Gasteiger partial charge is 0.375 e. The Bertz CT molecular complexity index is 412. The molecule has 0 heterocycles. The van der Waals surface area contributed by atoms with Crippen LogP contribution in [0.5, 0.6) is 0 Å². The summed E-state index contributed by atoms with van der Waals surface area (Å²) >= 11 is 0. The minimum absolute atomic E-state index is 0. The Kier molecular flexibility index (Phi) is 8.37. The van der Waals surface area contributed by atoms with Gasteiger partial charge in [-0.3, -0.25) is 4.79 Å². The molecule has 0 saturated heterocycles. The summed E-state index contributed by atoms with van der Waals surface area (Å²) in [6, 6.07) is 5.82. The summed E-state index contributed by atoms with van der Waals surface area (Å²) < 4.78 is 18.1. The van der Waals surface area contributed by atoms with Crippen LogP contribution in [-0.4, -0.2) is 25.6 Å². The Morgan fingerprint density at radius 2 is 1.90 bits per heavy atom. The van der Waals surface area contributed by atoms with E-state index >= 15 is 0 Å². The molecule has 0 aliphatic heterocycles. The van der Waals surface area contributed by atoms with E-state index in [0.29, 0.717) is 6.54 Å². The minimum Gasteiger partial charge on any atom is -0.375 e. The van der Waals surface area contributed by atoms with Crippen LogP contribution in [-0.2, 0) is 9.53 Å². The number of carbonyl (C=O) groups excluding carboxylic acids is 1. The first-order valence-electron chi connectivity index (χ1n) is 6.27. The van der Waals surface area contributed by atoms with Gasteiger partial charge in [-0.2, -0.15) is 0 Å². The van der Waals surface area contributed by atoms with Crippen LogP contribution in [0.3, 0.4) is 0 Å². The average molecular weight is 305 g/mol. The number of nitrogens with one attached hydrogen (secondary N) is 1. The van der Waals surface area contributed by atoms with E-state index in [1.54, 1.807) is 33.1 Å². The van der Waals surface area contributed by atoms with Crippen molar-refractivity contribution in [2.75, 3.05) is 13.7 Å². The van der Waals surface area contributed by atoms with Crippen molar-refractivity contribution in [3.8, 4) is 0 Å². The van der Waals surface area contributed by atoms with E-state index in [4.69, 9.17) is 10.5 Å². The molecule has 0 saturated carbocycles. The molecule has 0 aromatic heterocycles. The number of hydrogen-bond acceptors (Lipinski definition) is 3. The average Bonchev–Trinajstić information content (AvgIpc) is 2.40. The van der Waals surface area contributed by atoms with Crippen LogP contribution in [0.1, 0.15) is 25.5 Å². The van der Waals surface area contributed by atoms with E-state index in [9.17, 15) is 9.18 Å². The van der Waals surface area contributed by atoms with Gasteiger partial charge >= 0.3 is 0 Å². The first-order valence-corrected chi connectivity index (χ1v) is 6.27. The van der Waals surface area contributed by atoms with Crippen LogP contribution in [0.15, 0.2) is 24.3 Å². The van der Waals surface area contributed by atoms with Gasteiger partial charge in [-0.25, -0.2) is 4.39 Å². The molecule has 6 heteroatoms. The van der Waals surface area contributed by atoms with E-state index in [0.717, 1.165) is 5.56 Å². The van der Waals surface area contributed by atoms with Crippen LogP contribution in [0.25, 0.3) is 0 Å². The van der Waals surface area contributed by atoms with Crippen molar-refractivity contribution in [2.24, 2.45) is 11.7 Å². The molecule has 1 aromatic carbocycles. The Labute approximate surface area is 125 Å². The lowest BCUT2D eigenvalue weighted by molar-refractivity contribution is -0.125. The highest BCUT2D eigenvalue weighted by molar-refractivity contribution is 5.85. The summed E-state index contributed by atoms with van der Waals surface area (Å²) in [5, 5.41) is 2.79. The van der Waals surface area contributed by atoms with E-state index in [2.05, 4.69) is 5.32 Å². The molecule has 0 radical (unpaired) electrons. The van der Waals surface area contributed by atoms with E-state index in [-0.39, 0.29) is 42.2 Å². The van der Waals surface area contributed by atoms with E-state index in [1.807, 2.05) is 0 Å². The maximum absolute atomic E-state index is 12.8. The van der Waals surface area contributed by atoms with E-state index in [1.165, 1.54) is 12.1 Å². The van der Waals surface area contributed by atoms with Crippen molar-refractivity contribution in [3.63, 3.8) is 0 Å². The highest BCUT2D eigenvalue weighted by Crippen LogP contribution is 2.16. The number of hydrogen-bond donors (Lipinski definition) is 2. The third kappa shape index (κ3) is 5.45. The summed E-state index contributed by atoms with van der Waals surface area (Å²) in [7, 11) is 1.55. The first-order chi connectivity index (χ1) is 8.95. The fourth-order valence-electron chi connectivity index (χ4n) is 1.61. The van der Waals surface area contributed by atoms with Crippen molar-refractivity contribution in [1.29, 1.82) is 0 Å². The molecule has 3 atom stereocenters. The van der Waals surface area contributed by atoms with Crippen molar-refractivity contribution < 1.29 is 13.9 Å². The van der Waals surface area contributed by atoms with Gasteiger partial charge in [-0.05, 0) is 24.6 Å². The lowest BCUT2D eigenvalue weighted by atomic mass is 10.0. The number of halogens is 2. The smallest absolute Gasteiger partial charge is 0.224 e. The number of ether oxygens (including phenoxy) is 1. The molecule has 1 rings (SSSR count). The molecule has 0 spiro atoms. The van der Waals surface area contributed by atoms with Gasteiger partial charge < -0.3 is 15.8 Å². The molecule has 0 aliphatic carbocycles. The van der Waals surface area contributed by atoms with Crippen molar-refractivity contribution in [3.05, 3.63) is 35.6 Å². The summed E-state index contributed by atoms with van der Waals surface area (Å²) in [4.78, 5) is 11.8. The summed E-state index contributed by atoms with van der Waals surface area (Å²) in [6.07, 6.45) is -0.301. The lowest BCUT2D eigenvalue weighted by Gasteiger charge is -2.20. The van der Waals surface area contributed by atoms with Crippen LogP contribution >= 0.6 is 12.4 Å². The van der Waals surface area contributed by atoms with Gasteiger partial charge in [0.05, 0.1) is 6.10 Å². The van der Waals surface area contributed by atoms with Crippen LogP contribution in [0.2, 0.25) is 0 Å². The topological polar surface area (TPSA) is 64.3 Å². The molecule has 114 valence electrons. The molecule has 1 aromatic rings. The van der Waals surface area contributed by atoms with Crippen molar-refractivity contribution in [1.82, 2.24) is 5.32 Å². The number of nitrogens with two attached hydrogens (primary N) is 1. The second-order valence-electron chi connectivity index (χ2n) is 4.67. The third-order valence-corrected chi connectivity index (χ3v) is 3.19. The zero-order chi connectivity index (χ0) is 14.4. The number of carbonyl (C=O) groups is 1. The third-order valence-electron chi connectivity index (χ3n) is 3.19. The van der Waals surface area contributed by atoms with Crippen molar-refractivity contribution in [2.45, 2.75) is 26.0 Å². The fraction of sp³-hybridized carbons (Fsp3) is 0.500. The Morgan fingerprint density at radius 1 is 1.35 bits per heavy atom. The Hall–Kier alpha value is -1.17. The van der Waals surface area contributed by atoms with Gasteiger partial charge in [0.2, 0.25) is 5.91 Å². The second kappa shape index (κ2) is 8.89. The molecule has 0 bridgehead atoms. The molecule has 1 amide bonds. The monoisotopic (exact) mass is 304 g/mol. The lowest BCUT2D eigenvalue weighted by Crippen LogP contribution is -2.40. The summed E-state index contributed by atoms with van der Waals surface area (Å²) in [5.74, 6) is -0.668. The highest BCUT2D eigenvalue weighted by atomic mass is 35.5. The minimum atomic E-state index is -0.301. The summed E-state index contributed by atoms with van der Waals surface area (Å²) in [6.45, 7) is 3.90. The number of benzene rings is 1. The normalized spacial score (nSPS) is 14.8. The second-order valence-corrected chi connectivity index (χ2v) is 4.67. The van der Waals surface area contributed by atoms with Crippen molar-refractivity contribution >= 4 is 18.3 Å². The molecule has 4 nitrogen and oxygen atoms in total. The standard InChI is InChI=1S/C14H21FN2O2.ClH/c1-9(10(2)16)14(18)17-8-13(19-3)11-4-6-12(15)7-5-11;/h4-7,9-10,13H,8,16H2,1-3H3,(H,17,18);1H. The fourth-order valence-corrected chi connectivity index (χ4v) is 1.61. The predicted octanol–water partition coefficient (Wildman–Crippen LogP) is 2.03. The quantitative estimate of drug-likeness (QED) is 0.845. The zero-order valence-electron chi connectivity index (χ0n) is 11.9. The van der Waals surface area contributed by atoms with Gasteiger partial charge in [-0.15, -0.1) is 12.4 Å². The number of rotatable bonds is 6. The van der Waals surface area contributed by atoms with Crippen LogP contribution in [0, 0.1) is 11.7 Å². The number of methoxy groups -OCH3 is 1. The zero-order valence-corrected chi connectivity index (χ0v) is 12.7. The molecule has 0 fully saturated rings. The molecule has 3 unspecified atom stereocenters. The van der Waals surface area contributed by atoms with Gasteiger partial charge in [0.15, 0.2) is 0 Å². The SMILES string of the molecule is COC(CNC(=O)C(C)C(C)N)c1ccc(F)cc1.Cl. The van der Waals surface area contributed by atoms with Gasteiger partial charge in [0.1, 0.15) is 5.82 Å².